The molecule has 1 aromatic rings. The van der Waals surface area contributed by atoms with Gasteiger partial charge in [0.05, 0.1) is 14.2 Å². The second-order valence-corrected chi connectivity index (χ2v) is 4.11. The van der Waals surface area contributed by atoms with E-state index in [9.17, 15) is 4.79 Å². The fourth-order valence-corrected chi connectivity index (χ4v) is 1.72. The number of carbonyl (C=O) groups is 1. The van der Waals surface area contributed by atoms with E-state index in [2.05, 4.69) is 10.6 Å². The summed E-state index contributed by atoms with van der Waals surface area (Å²) in [6.07, 6.45) is 1.39. The van der Waals surface area contributed by atoms with Gasteiger partial charge >= 0.3 is 0 Å². The highest BCUT2D eigenvalue weighted by atomic mass is 16.5. The molecule has 1 rings (SSSR count). The van der Waals surface area contributed by atoms with Crippen LogP contribution >= 0.6 is 0 Å². The summed E-state index contributed by atoms with van der Waals surface area (Å²) < 4.78 is 10.4. The lowest BCUT2D eigenvalue weighted by molar-refractivity contribution is -0.120. The molecular weight excluding hydrogens is 244 g/mol. The summed E-state index contributed by atoms with van der Waals surface area (Å²) in [6, 6.07) is 5.89. The van der Waals surface area contributed by atoms with Crippen molar-refractivity contribution in [3.63, 3.8) is 0 Å². The van der Waals surface area contributed by atoms with Crippen LogP contribution in [0.15, 0.2) is 18.2 Å². The second-order valence-electron chi connectivity index (χ2n) is 4.11. The summed E-state index contributed by atoms with van der Waals surface area (Å²) in [6.45, 7) is 1.51. The monoisotopic (exact) mass is 266 g/mol. The van der Waals surface area contributed by atoms with Gasteiger partial charge in [-0.3, -0.25) is 4.79 Å². The predicted molar refractivity (Wildman–Crippen MR) is 74.8 cm³/mol. The van der Waals surface area contributed by atoms with Crippen LogP contribution in [0.2, 0.25) is 0 Å². The minimum absolute atomic E-state index is 0.0543. The molecule has 19 heavy (non-hydrogen) atoms. The maximum atomic E-state index is 11.0. The Balaban J connectivity index is 2.35. The van der Waals surface area contributed by atoms with Crippen molar-refractivity contribution in [2.75, 3.05) is 34.4 Å². The number of carbonyl (C=O) groups excluding carboxylic acids is 1. The number of rotatable bonds is 8. The van der Waals surface area contributed by atoms with E-state index in [0.717, 1.165) is 24.5 Å². The topological polar surface area (TPSA) is 59.6 Å². The summed E-state index contributed by atoms with van der Waals surface area (Å²) in [5, 5.41) is 5.82. The van der Waals surface area contributed by atoms with Gasteiger partial charge in [0.15, 0.2) is 11.5 Å². The average Bonchev–Trinajstić information content (AvgIpc) is 2.46. The fourth-order valence-electron chi connectivity index (χ4n) is 1.72. The number of benzene rings is 1. The van der Waals surface area contributed by atoms with Crippen molar-refractivity contribution < 1.29 is 14.3 Å². The standard InChI is InChI=1S/C14H22N2O3/c1-15-14(17)7-9-16-8-6-11-4-5-12(18-2)13(10-11)19-3/h4-5,10,16H,6-9H2,1-3H3,(H,15,17). The molecular formula is C14H22N2O3. The lowest BCUT2D eigenvalue weighted by Crippen LogP contribution is -2.25. The minimum Gasteiger partial charge on any atom is -0.493 e. The van der Waals surface area contributed by atoms with Crippen LogP contribution in [0.3, 0.4) is 0 Å². The Hall–Kier alpha value is -1.75. The number of nitrogens with one attached hydrogen (secondary N) is 2. The third kappa shape index (κ3) is 5.18. The predicted octanol–water partition coefficient (Wildman–Crippen LogP) is 0.972. The maximum absolute atomic E-state index is 11.0. The van der Waals surface area contributed by atoms with Crippen LogP contribution in [-0.4, -0.2) is 40.3 Å². The molecule has 1 amide bonds. The van der Waals surface area contributed by atoms with Crippen LogP contribution < -0.4 is 20.1 Å². The molecule has 0 aliphatic rings. The number of amides is 1. The van der Waals surface area contributed by atoms with Crippen LogP contribution in [0.25, 0.3) is 0 Å². The van der Waals surface area contributed by atoms with Gasteiger partial charge in [-0.15, -0.1) is 0 Å². The SMILES string of the molecule is CNC(=O)CCNCCc1ccc(OC)c(OC)c1. The Labute approximate surface area is 114 Å². The highest BCUT2D eigenvalue weighted by Crippen LogP contribution is 2.27. The Kier molecular flexibility index (Phi) is 6.74. The van der Waals surface area contributed by atoms with E-state index in [1.807, 2.05) is 18.2 Å². The van der Waals surface area contributed by atoms with Gasteiger partial charge in [-0.2, -0.15) is 0 Å². The van der Waals surface area contributed by atoms with E-state index in [1.54, 1.807) is 21.3 Å². The molecule has 0 heterocycles. The van der Waals surface area contributed by atoms with Gasteiger partial charge in [-0.05, 0) is 30.7 Å². The van der Waals surface area contributed by atoms with Gasteiger partial charge in [-0.25, -0.2) is 0 Å². The van der Waals surface area contributed by atoms with Gasteiger partial charge < -0.3 is 20.1 Å². The van der Waals surface area contributed by atoms with Crippen molar-refractivity contribution >= 4 is 5.91 Å². The molecule has 0 spiro atoms. The molecule has 0 aromatic heterocycles. The van der Waals surface area contributed by atoms with Crippen molar-refractivity contribution in [2.24, 2.45) is 0 Å². The summed E-state index contributed by atoms with van der Waals surface area (Å²) >= 11 is 0. The second kappa shape index (κ2) is 8.37. The normalized spacial score (nSPS) is 10.1. The van der Waals surface area contributed by atoms with Crippen molar-refractivity contribution in [3.05, 3.63) is 23.8 Å². The van der Waals surface area contributed by atoms with E-state index < -0.39 is 0 Å². The van der Waals surface area contributed by atoms with Gasteiger partial charge in [0, 0.05) is 20.0 Å². The Morgan fingerprint density at radius 2 is 1.89 bits per heavy atom. The molecule has 0 radical (unpaired) electrons. The first-order valence-electron chi connectivity index (χ1n) is 6.33. The fraction of sp³-hybridized carbons (Fsp3) is 0.500. The number of hydrogen-bond donors (Lipinski definition) is 2. The summed E-state index contributed by atoms with van der Waals surface area (Å²) in [4.78, 5) is 11.0. The lowest BCUT2D eigenvalue weighted by Gasteiger charge is -2.10. The van der Waals surface area contributed by atoms with E-state index in [1.165, 1.54) is 5.56 Å². The molecule has 0 fully saturated rings. The zero-order chi connectivity index (χ0) is 14.1. The molecule has 0 aliphatic heterocycles. The highest BCUT2D eigenvalue weighted by molar-refractivity contribution is 5.75. The Morgan fingerprint density at radius 1 is 1.16 bits per heavy atom. The zero-order valence-electron chi connectivity index (χ0n) is 11.8. The van der Waals surface area contributed by atoms with E-state index in [-0.39, 0.29) is 5.91 Å². The Bertz CT molecular complexity index is 408. The highest BCUT2D eigenvalue weighted by Gasteiger charge is 2.04. The molecule has 0 atom stereocenters. The van der Waals surface area contributed by atoms with Crippen molar-refractivity contribution in [2.45, 2.75) is 12.8 Å². The average molecular weight is 266 g/mol. The van der Waals surface area contributed by atoms with Crippen molar-refractivity contribution in [1.29, 1.82) is 0 Å². The van der Waals surface area contributed by atoms with Crippen molar-refractivity contribution in [3.8, 4) is 11.5 Å². The zero-order valence-corrected chi connectivity index (χ0v) is 11.8. The van der Waals surface area contributed by atoms with Crippen LogP contribution in [0.1, 0.15) is 12.0 Å². The first kappa shape index (κ1) is 15.3. The third-order valence-corrected chi connectivity index (χ3v) is 2.85. The van der Waals surface area contributed by atoms with Gasteiger partial charge in [0.25, 0.3) is 0 Å². The number of ether oxygens (including phenoxy) is 2. The molecule has 0 unspecified atom stereocenters. The van der Waals surface area contributed by atoms with Crippen LogP contribution in [0.5, 0.6) is 11.5 Å². The van der Waals surface area contributed by atoms with Crippen LogP contribution in [0.4, 0.5) is 0 Å². The van der Waals surface area contributed by atoms with Gasteiger partial charge in [0.1, 0.15) is 0 Å². The molecule has 0 bridgehead atoms. The maximum Gasteiger partial charge on any atom is 0.221 e. The molecule has 2 N–H and O–H groups in total. The molecule has 5 nitrogen and oxygen atoms in total. The molecule has 1 aromatic carbocycles. The largest absolute Gasteiger partial charge is 0.493 e. The summed E-state index contributed by atoms with van der Waals surface area (Å²) in [5.74, 6) is 1.53. The Morgan fingerprint density at radius 3 is 2.53 bits per heavy atom. The van der Waals surface area contributed by atoms with Gasteiger partial charge in [0.2, 0.25) is 5.91 Å². The molecule has 0 saturated carbocycles. The quantitative estimate of drug-likeness (QED) is 0.688. The van der Waals surface area contributed by atoms with Crippen LogP contribution in [-0.2, 0) is 11.2 Å². The first-order chi connectivity index (χ1) is 9.21. The first-order valence-corrected chi connectivity index (χ1v) is 6.33. The van der Waals surface area contributed by atoms with E-state index in [0.29, 0.717) is 13.0 Å². The molecule has 0 aliphatic carbocycles. The summed E-state index contributed by atoms with van der Waals surface area (Å²) in [7, 11) is 4.90. The number of methoxy groups -OCH3 is 2. The smallest absolute Gasteiger partial charge is 0.221 e. The van der Waals surface area contributed by atoms with E-state index >= 15 is 0 Å². The molecule has 106 valence electrons. The minimum atomic E-state index is 0.0543. The molecule has 0 saturated heterocycles. The van der Waals surface area contributed by atoms with Crippen molar-refractivity contribution in [1.82, 2.24) is 10.6 Å². The lowest BCUT2D eigenvalue weighted by atomic mass is 10.1. The van der Waals surface area contributed by atoms with Gasteiger partial charge in [-0.1, -0.05) is 6.07 Å². The summed E-state index contributed by atoms with van der Waals surface area (Å²) in [5.41, 5.74) is 1.17. The molecule has 5 heteroatoms. The van der Waals surface area contributed by atoms with E-state index in [4.69, 9.17) is 9.47 Å². The number of hydrogen-bond acceptors (Lipinski definition) is 4. The van der Waals surface area contributed by atoms with Crippen LogP contribution in [0, 0.1) is 0 Å². The third-order valence-electron chi connectivity index (χ3n) is 2.85.